The monoisotopic (exact) mass is 258 g/mol. The van der Waals surface area contributed by atoms with E-state index in [1.807, 2.05) is 12.1 Å². The van der Waals surface area contributed by atoms with Gasteiger partial charge in [0.05, 0.1) is 12.2 Å². The van der Waals surface area contributed by atoms with Gasteiger partial charge in [0.15, 0.2) is 5.69 Å². The highest BCUT2D eigenvalue weighted by Crippen LogP contribution is 2.05. The highest BCUT2D eigenvalue weighted by molar-refractivity contribution is 5.91. The fraction of sp³-hybridized carbons (Fsp3) is 0.250. The molecule has 1 amide bonds. The third kappa shape index (κ3) is 3.44. The zero-order chi connectivity index (χ0) is 13.7. The third-order valence-corrected chi connectivity index (χ3v) is 2.37. The number of anilines is 1. The van der Waals surface area contributed by atoms with E-state index in [0.717, 1.165) is 5.69 Å². The Hall–Kier alpha value is -2.57. The molecular weight excluding hydrogens is 244 g/mol. The minimum atomic E-state index is -0.173. The van der Waals surface area contributed by atoms with E-state index in [1.165, 1.54) is 4.90 Å². The molecular formula is C12H14N6O. The van der Waals surface area contributed by atoms with Gasteiger partial charge in [-0.3, -0.25) is 4.79 Å². The van der Waals surface area contributed by atoms with Crippen LogP contribution in [0.5, 0.6) is 0 Å². The molecule has 0 radical (unpaired) electrons. The zero-order valence-corrected chi connectivity index (χ0v) is 10.7. The van der Waals surface area contributed by atoms with Crippen molar-refractivity contribution in [1.82, 2.24) is 25.3 Å². The molecule has 2 rings (SSSR count). The SMILES string of the molecule is CN(C)C(=O)c1ccc(NCc2cccnn2)nn1. The van der Waals surface area contributed by atoms with Crippen molar-refractivity contribution >= 4 is 11.7 Å². The van der Waals surface area contributed by atoms with Gasteiger partial charge in [-0.25, -0.2) is 0 Å². The normalized spacial score (nSPS) is 10.0. The highest BCUT2D eigenvalue weighted by atomic mass is 16.2. The van der Waals surface area contributed by atoms with Gasteiger partial charge in [-0.15, -0.1) is 10.2 Å². The lowest BCUT2D eigenvalue weighted by molar-refractivity contribution is 0.0821. The topological polar surface area (TPSA) is 83.9 Å². The van der Waals surface area contributed by atoms with Crippen LogP contribution in [0, 0.1) is 0 Å². The molecule has 19 heavy (non-hydrogen) atoms. The summed E-state index contributed by atoms with van der Waals surface area (Å²) in [6.45, 7) is 0.503. The minimum Gasteiger partial charge on any atom is -0.363 e. The van der Waals surface area contributed by atoms with Gasteiger partial charge in [0.25, 0.3) is 5.91 Å². The Labute approximate surface area is 110 Å². The minimum absolute atomic E-state index is 0.173. The van der Waals surface area contributed by atoms with Crippen LogP contribution in [0.2, 0.25) is 0 Å². The highest BCUT2D eigenvalue weighted by Gasteiger charge is 2.09. The fourth-order valence-electron chi connectivity index (χ4n) is 1.38. The van der Waals surface area contributed by atoms with E-state index in [0.29, 0.717) is 18.1 Å². The van der Waals surface area contributed by atoms with E-state index in [-0.39, 0.29) is 5.91 Å². The number of hydrogen-bond donors (Lipinski definition) is 1. The maximum Gasteiger partial charge on any atom is 0.273 e. The number of aromatic nitrogens is 4. The van der Waals surface area contributed by atoms with Crippen LogP contribution in [-0.4, -0.2) is 45.3 Å². The van der Waals surface area contributed by atoms with E-state index in [2.05, 4.69) is 25.7 Å². The van der Waals surface area contributed by atoms with E-state index in [4.69, 9.17) is 0 Å². The molecule has 0 saturated carbocycles. The van der Waals surface area contributed by atoms with E-state index in [1.54, 1.807) is 32.4 Å². The summed E-state index contributed by atoms with van der Waals surface area (Å²) >= 11 is 0. The van der Waals surface area contributed by atoms with E-state index < -0.39 is 0 Å². The molecule has 0 unspecified atom stereocenters. The second-order valence-electron chi connectivity index (χ2n) is 4.07. The number of nitrogens with zero attached hydrogens (tertiary/aromatic N) is 5. The first-order chi connectivity index (χ1) is 9.16. The Morgan fingerprint density at radius 3 is 2.63 bits per heavy atom. The van der Waals surface area contributed by atoms with Crippen molar-refractivity contribution in [1.29, 1.82) is 0 Å². The molecule has 0 spiro atoms. The number of amides is 1. The van der Waals surface area contributed by atoms with Crippen molar-refractivity contribution in [3.8, 4) is 0 Å². The van der Waals surface area contributed by atoms with Gasteiger partial charge in [0, 0.05) is 20.3 Å². The summed E-state index contributed by atoms with van der Waals surface area (Å²) in [4.78, 5) is 13.1. The number of hydrogen-bond acceptors (Lipinski definition) is 6. The molecule has 7 nitrogen and oxygen atoms in total. The van der Waals surface area contributed by atoms with Gasteiger partial charge in [0.2, 0.25) is 0 Å². The standard InChI is InChI=1S/C12H14N6O/c1-18(2)12(19)10-5-6-11(17-16-10)13-8-9-4-3-7-14-15-9/h3-7H,8H2,1-2H3,(H,13,17). The van der Waals surface area contributed by atoms with Crippen molar-refractivity contribution in [3.63, 3.8) is 0 Å². The Kier molecular flexibility index (Phi) is 3.97. The molecule has 7 heteroatoms. The predicted molar refractivity (Wildman–Crippen MR) is 69.4 cm³/mol. The number of carbonyl (C=O) groups excluding carboxylic acids is 1. The number of rotatable bonds is 4. The zero-order valence-electron chi connectivity index (χ0n) is 10.7. The van der Waals surface area contributed by atoms with Crippen molar-refractivity contribution in [2.45, 2.75) is 6.54 Å². The van der Waals surface area contributed by atoms with Crippen LogP contribution >= 0.6 is 0 Å². The van der Waals surface area contributed by atoms with Gasteiger partial charge in [-0.2, -0.15) is 10.2 Å². The van der Waals surface area contributed by atoms with Gasteiger partial charge in [0.1, 0.15) is 5.82 Å². The molecule has 0 aromatic carbocycles. The molecule has 0 aliphatic heterocycles. The number of nitrogens with one attached hydrogen (secondary N) is 1. The second-order valence-corrected chi connectivity index (χ2v) is 4.07. The second kappa shape index (κ2) is 5.85. The Bertz CT molecular complexity index is 540. The first kappa shape index (κ1) is 12.9. The molecule has 0 aliphatic carbocycles. The van der Waals surface area contributed by atoms with Crippen LogP contribution in [0.1, 0.15) is 16.2 Å². The summed E-state index contributed by atoms with van der Waals surface area (Å²) in [5.41, 5.74) is 1.12. The van der Waals surface area contributed by atoms with Crippen molar-refractivity contribution in [2.75, 3.05) is 19.4 Å². The molecule has 2 aromatic heterocycles. The lowest BCUT2D eigenvalue weighted by atomic mass is 10.3. The van der Waals surface area contributed by atoms with Crippen molar-refractivity contribution in [3.05, 3.63) is 41.9 Å². The largest absolute Gasteiger partial charge is 0.363 e. The maximum atomic E-state index is 11.6. The first-order valence-electron chi connectivity index (χ1n) is 5.72. The molecule has 1 N–H and O–H groups in total. The third-order valence-electron chi connectivity index (χ3n) is 2.37. The quantitative estimate of drug-likeness (QED) is 0.863. The van der Waals surface area contributed by atoms with Crippen LogP contribution in [0.4, 0.5) is 5.82 Å². The molecule has 0 bridgehead atoms. The van der Waals surface area contributed by atoms with Crippen molar-refractivity contribution in [2.24, 2.45) is 0 Å². The van der Waals surface area contributed by atoms with Gasteiger partial charge in [-0.05, 0) is 24.3 Å². The molecule has 0 aliphatic rings. The fourth-order valence-corrected chi connectivity index (χ4v) is 1.38. The van der Waals surface area contributed by atoms with E-state index in [9.17, 15) is 4.79 Å². The summed E-state index contributed by atoms with van der Waals surface area (Å²) in [6, 6.07) is 7.01. The molecule has 0 saturated heterocycles. The van der Waals surface area contributed by atoms with Gasteiger partial charge in [-0.1, -0.05) is 0 Å². The summed E-state index contributed by atoms with van der Waals surface area (Å²) in [5.74, 6) is 0.411. The van der Waals surface area contributed by atoms with Crippen LogP contribution in [-0.2, 0) is 6.54 Å². The first-order valence-corrected chi connectivity index (χ1v) is 5.72. The Morgan fingerprint density at radius 1 is 1.21 bits per heavy atom. The number of carbonyl (C=O) groups is 1. The average molecular weight is 258 g/mol. The molecule has 2 heterocycles. The van der Waals surface area contributed by atoms with Crippen LogP contribution in [0.3, 0.4) is 0 Å². The molecule has 0 fully saturated rings. The van der Waals surface area contributed by atoms with Crippen LogP contribution < -0.4 is 5.32 Å². The molecule has 98 valence electrons. The summed E-state index contributed by atoms with van der Waals surface area (Å²) in [6.07, 6.45) is 1.62. The van der Waals surface area contributed by atoms with Gasteiger partial charge >= 0.3 is 0 Å². The van der Waals surface area contributed by atoms with Gasteiger partial charge < -0.3 is 10.2 Å². The van der Waals surface area contributed by atoms with E-state index >= 15 is 0 Å². The summed E-state index contributed by atoms with van der Waals surface area (Å²) in [5, 5.41) is 18.6. The predicted octanol–water partition coefficient (Wildman–Crippen LogP) is 0.580. The molecule has 0 atom stereocenters. The maximum absolute atomic E-state index is 11.6. The van der Waals surface area contributed by atoms with Crippen LogP contribution in [0.25, 0.3) is 0 Å². The lowest BCUT2D eigenvalue weighted by Gasteiger charge is -2.09. The molecule has 2 aromatic rings. The van der Waals surface area contributed by atoms with Crippen molar-refractivity contribution < 1.29 is 4.79 Å². The van der Waals surface area contributed by atoms with Crippen LogP contribution in [0.15, 0.2) is 30.5 Å². The lowest BCUT2D eigenvalue weighted by Crippen LogP contribution is -2.23. The Morgan fingerprint density at radius 2 is 2.05 bits per heavy atom. The Balaban J connectivity index is 1.98. The summed E-state index contributed by atoms with van der Waals surface area (Å²) in [7, 11) is 3.34. The average Bonchev–Trinajstić information content (AvgIpc) is 2.46. The smallest absolute Gasteiger partial charge is 0.273 e. The summed E-state index contributed by atoms with van der Waals surface area (Å²) < 4.78 is 0.